The van der Waals surface area contributed by atoms with Crippen molar-refractivity contribution < 1.29 is 14.0 Å². The van der Waals surface area contributed by atoms with Gasteiger partial charge in [-0.1, -0.05) is 82.3 Å². The SMILES string of the molecule is CC(C)c1cccc(C(C)C)c1N1C(=O)c2ccc3c4cccc5c(-c6ccco6)ccc(c6ccc(c2c36)C1=O)c54. The van der Waals surface area contributed by atoms with Gasteiger partial charge in [0.15, 0.2) is 0 Å². The normalized spacial score (nSPS) is 13.7. The first kappa shape index (κ1) is 24.8. The molecule has 8 rings (SSSR count). The topological polar surface area (TPSA) is 50.5 Å². The second-order valence-corrected chi connectivity index (χ2v) is 12.0. The maximum Gasteiger partial charge on any atom is 0.266 e. The molecule has 6 aromatic carbocycles. The Morgan fingerprint density at radius 2 is 1.05 bits per heavy atom. The van der Waals surface area contributed by atoms with Crippen LogP contribution in [0, 0.1) is 0 Å². The van der Waals surface area contributed by atoms with Gasteiger partial charge >= 0.3 is 0 Å². The summed E-state index contributed by atoms with van der Waals surface area (Å²) in [5.74, 6) is 0.610. The summed E-state index contributed by atoms with van der Waals surface area (Å²) >= 11 is 0. The summed E-state index contributed by atoms with van der Waals surface area (Å²) in [6.45, 7) is 8.43. The van der Waals surface area contributed by atoms with Crippen molar-refractivity contribution in [1.82, 2.24) is 0 Å². The molecule has 0 fully saturated rings. The number of furan rings is 1. The molecule has 42 heavy (non-hydrogen) atoms. The van der Waals surface area contributed by atoms with Crippen molar-refractivity contribution in [3.8, 4) is 11.3 Å². The lowest BCUT2D eigenvalue weighted by atomic mass is 9.83. The molecule has 1 aromatic heterocycles. The van der Waals surface area contributed by atoms with Crippen LogP contribution in [0.4, 0.5) is 5.69 Å². The van der Waals surface area contributed by atoms with Crippen LogP contribution in [-0.4, -0.2) is 11.8 Å². The summed E-state index contributed by atoms with van der Waals surface area (Å²) in [6.07, 6.45) is 1.70. The van der Waals surface area contributed by atoms with Crippen molar-refractivity contribution in [3.05, 3.63) is 113 Å². The molecule has 0 unspecified atom stereocenters. The zero-order valence-corrected chi connectivity index (χ0v) is 24.0. The summed E-state index contributed by atoms with van der Waals surface area (Å²) in [4.78, 5) is 30.2. The highest BCUT2D eigenvalue weighted by molar-refractivity contribution is 6.42. The Morgan fingerprint density at radius 1 is 0.524 bits per heavy atom. The molecule has 0 spiro atoms. The van der Waals surface area contributed by atoms with Crippen LogP contribution < -0.4 is 4.90 Å². The zero-order chi connectivity index (χ0) is 28.9. The van der Waals surface area contributed by atoms with E-state index >= 15 is 0 Å². The molecule has 0 N–H and O–H groups in total. The molecule has 4 nitrogen and oxygen atoms in total. The van der Waals surface area contributed by atoms with Gasteiger partial charge in [0.05, 0.1) is 12.0 Å². The predicted molar refractivity (Wildman–Crippen MR) is 171 cm³/mol. The molecule has 4 heteroatoms. The number of carbonyl (C=O) groups excluding carboxylic acids is 2. The number of para-hydroxylation sites is 1. The van der Waals surface area contributed by atoms with Gasteiger partial charge < -0.3 is 4.42 Å². The van der Waals surface area contributed by atoms with E-state index in [1.54, 1.807) is 6.26 Å². The lowest BCUT2D eigenvalue weighted by Crippen LogP contribution is -2.41. The third kappa shape index (κ3) is 3.18. The fraction of sp³-hybridized carbons (Fsp3) is 0.158. The van der Waals surface area contributed by atoms with Gasteiger partial charge in [-0.05, 0) is 91.0 Å². The number of benzene rings is 6. The Labute approximate surface area is 243 Å². The molecule has 0 bridgehead atoms. The smallest absolute Gasteiger partial charge is 0.266 e. The van der Waals surface area contributed by atoms with Gasteiger partial charge in [0, 0.05) is 22.1 Å². The first-order chi connectivity index (χ1) is 20.4. The number of anilines is 1. The molecule has 2 amide bonds. The van der Waals surface area contributed by atoms with Crippen LogP contribution >= 0.6 is 0 Å². The van der Waals surface area contributed by atoms with Gasteiger partial charge in [-0.15, -0.1) is 0 Å². The largest absolute Gasteiger partial charge is 0.464 e. The summed E-state index contributed by atoms with van der Waals surface area (Å²) in [5.41, 5.74) is 4.93. The first-order valence-electron chi connectivity index (χ1n) is 14.6. The molecule has 1 aliphatic heterocycles. The number of hydrogen-bond acceptors (Lipinski definition) is 3. The summed E-state index contributed by atoms with van der Waals surface area (Å²) in [5, 5.41) is 8.27. The van der Waals surface area contributed by atoms with Gasteiger partial charge in [-0.25, -0.2) is 4.90 Å². The summed E-state index contributed by atoms with van der Waals surface area (Å²) in [7, 11) is 0. The van der Waals surface area contributed by atoms with Gasteiger partial charge in [0.25, 0.3) is 11.8 Å². The van der Waals surface area contributed by atoms with E-state index in [1.165, 1.54) is 4.90 Å². The molecular weight excluding hydrogens is 518 g/mol. The molecule has 2 heterocycles. The number of nitrogens with zero attached hydrogens (tertiary/aromatic N) is 1. The lowest BCUT2D eigenvalue weighted by molar-refractivity contribution is 0.0893. The second kappa shape index (κ2) is 8.77. The first-order valence-corrected chi connectivity index (χ1v) is 14.6. The van der Waals surface area contributed by atoms with Gasteiger partial charge in [-0.2, -0.15) is 0 Å². The molecule has 0 saturated heterocycles. The Bertz CT molecular complexity index is 2140. The standard InChI is InChI=1S/C38H29NO3/c1-20(2)22-8-5-9-23(21(3)4)36(22)39-37(40)30-17-15-28-26-11-6-10-25-24(32-12-7-19-42-32)13-14-27(33(25)26)29-16-18-31(38(39)41)35(30)34(28)29/h5-21H,1-4H3. The van der Waals surface area contributed by atoms with Crippen molar-refractivity contribution >= 4 is 60.6 Å². The maximum absolute atomic E-state index is 14.4. The van der Waals surface area contributed by atoms with Crippen molar-refractivity contribution in [1.29, 1.82) is 0 Å². The van der Waals surface area contributed by atoms with Crippen LogP contribution in [0.3, 0.4) is 0 Å². The zero-order valence-electron chi connectivity index (χ0n) is 24.0. The van der Waals surface area contributed by atoms with Gasteiger partial charge in [0.2, 0.25) is 0 Å². The number of rotatable bonds is 4. The Morgan fingerprint density at radius 3 is 1.62 bits per heavy atom. The van der Waals surface area contributed by atoms with E-state index in [0.717, 1.165) is 71.2 Å². The minimum atomic E-state index is -0.261. The van der Waals surface area contributed by atoms with Crippen molar-refractivity contribution in [2.75, 3.05) is 4.90 Å². The monoisotopic (exact) mass is 547 g/mol. The lowest BCUT2D eigenvalue weighted by Gasteiger charge is -2.32. The van der Waals surface area contributed by atoms with E-state index in [4.69, 9.17) is 4.42 Å². The molecule has 0 aliphatic carbocycles. The highest BCUT2D eigenvalue weighted by Gasteiger charge is 2.38. The van der Waals surface area contributed by atoms with E-state index in [-0.39, 0.29) is 23.7 Å². The number of fused-ring (bicyclic) bond motifs is 2. The van der Waals surface area contributed by atoms with E-state index < -0.39 is 0 Å². The van der Waals surface area contributed by atoms with Crippen LogP contribution in [0.25, 0.3) is 54.4 Å². The van der Waals surface area contributed by atoms with Crippen LogP contribution in [0.1, 0.15) is 71.4 Å². The minimum Gasteiger partial charge on any atom is -0.464 e. The highest BCUT2D eigenvalue weighted by Crippen LogP contribution is 2.47. The minimum absolute atomic E-state index is 0.152. The number of carbonyl (C=O) groups is 2. The van der Waals surface area contributed by atoms with Crippen molar-refractivity contribution in [2.24, 2.45) is 0 Å². The molecule has 7 aromatic rings. The summed E-state index contributed by atoms with van der Waals surface area (Å²) in [6, 6.07) is 28.5. The quantitative estimate of drug-likeness (QED) is 0.125. The highest BCUT2D eigenvalue weighted by atomic mass is 16.3. The molecule has 0 atom stereocenters. The molecule has 204 valence electrons. The van der Waals surface area contributed by atoms with Crippen molar-refractivity contribution in [2.45, 2.75) is 39.5 Å². The number of hydrogen-bond donors (Lipinski definition) is 0. The average molecular weight is 548 g/mol. The number of amides is 2. The average Bonchev–Trinajstić information content (AvgIpc) is 3.53. The van der Waals surface area contributed by atoms with Crippen LogP contribution in [0.15, 0.2) is 95.6 Å². The molecular formula is C38H29NO3. The van der Waals surface area contributed by atoms with E-state index in [1.807, 2.05) is 42.5 Å². The Balaban J connectivity index is 1.44. The third-order valence-corrected chi connectivity index (χ3v) is 9.00. The van der Waals surface area contributed by atoms with Gasteiger partial charge in [0.1, 0.15) is 5.76 Å². The fourth-order valence-electron chi connectivity index (χ4n) is 7.11. The van der Waals surface area contributed by atoms with Crippen LogP contribution in [-0.2, 0) is 0 Å². The van der Waals surface area contributed by atoms with E-state index in [2.05, 4.69) is 70.2 Å². The van der Waals surface area contributed by atoms with Crippen LogP contribution in [0.2, 0.25) is 0 Å². The Kier molecular flexibility index (Phi) is 5.18. The van der Waals surface area contributed by atoms with E-state index in [9.17, 15) is 9.59 Å². The van der Waals surface area contributed by atoms with E-state index in [0.29, 0.717) is 11.1 Å². The molecule has 0 radical (unpaired) electrons. The Hall–Kier alpha value is -4.96. The predicted octanol–water partition coefficient (Wildman–Crippen LogP) is 10.0. The summed E-state index contributed by atoms with van der Waals surface area (Å²) < 4.78 is 5.78. The fourth-order valence-corrected chi connectivity index (χ4v) is 7.11. The molecule has 1 aliphatic rings. The van der Waals surface area contributed by atoms with Crippen molar-refractivity contribution in [3.63, 3.8) is 0 Å². The van der Waals surface area contributed by atoms with Gasteiger partial charge in [-0.3, -0.25) is 9.59 Å². The second-order valence-electron chi connectivity index (χ2n) is 12.0. The maximum atomic E-state index is 14.4. The van der Waals surface area contributed by atoms with Crippen LogP contribution in [0.5, 0.6) is 0 Å². The number of imide groups is 1. The molecule has 0 saturated carbocycles. The third-order valence-electron chi connectivity index (χ3n) is 9.00.